The average Bonchev–Trinajstić information content (AvgIpc) is 2.92. The first-order valence-corrected chi connectivity index (χ1v) is 10.1. The number of anilines is 1. The molecule has 0 atom stereocenters. The standard InChI is InChI=1S/C24H25N2S/c1-16-10-11-21(17(2)12-16)26-18(3)13-20(14-19(26)4)15-24-25(5)22-8-6-7-9-23(22)27-24/h6-15H,1-5H3/q+1. The summed E-state index contributed by atoms with van der Waals surface area (Å²) in [5.41, 5.74) is 8.88. The molecule has 1 aliphatic rings. The maximum atomic E-state index is 2.34. The molecule has 27 heavy (non-hydrogen) atoms. The molecule has 0 bridgehead atoms. The molecule has 0 amide bonds. The van der Waals surface area contributed by atoms with Crippen molar-refractivity contribution < 1.29 is 4.57 Å². The highest BCUT2D eigenvalue weighted by molar-refractivity contribution is 8.03. The zero-order valence-electron chi connectivity index (χ0n) is 16.6. The molecule has 0 unspecified atom stereocenters. The molecule has 0 aliphatic carbocycles. The molecular weight excluding hydrogens is 348 g/mol. The molecule has 0 saturated heterocycles. The summed E-state index contributed by atoms with van der Waals surface area (Å²) in [6, 6.07) is 19.8. The molecule has 136 valence electrons. The van der Waals surface area contributed by atoms with E-state index in [4.69, 9.17) is 0 Å². The Morgan fingerprint density at radius 3 is 2.26 bits per heavy atom. The van der Waals surface area contributed by atoms with Crippen LogP contribution in [0.2, 0.25) is 0 Å². The Morgan fingerprint density at radius 1 is 0.889 bits per heavy atom. The summed E-state index contributed by atoms with van der Waals surface area (Å²) in [4.78, 5) is 3.59. The van der Waals surface area contributed by atoms with Crippen LogP contribution in [-0.4, -0.2) is 7.05 Å². The summed E-state index contributed by atoms with van der Waals surface area (Å²) < 4.78 is 2.34. The maximum Gasteiger partial charge on any atom is 0.214 e. The molecule has 2 nitrogen and oxygen atoms in total. The van der Waals surface area contributed by atoms with Gasteiger partial charge in [-0.3, -0.25) is 0 Å². The fraction of sp³-hybridized carbons (Fsp3) is 0.208. The van der Waals surface area contributed by atoms with Crippen LogP contribution in [-0.2, 0) is 0 Å². The summed E-state index contributed by atoms with van der Waals surface area (Å²) in [5.74, 6) is 0. The molecule has 0 fully saturated rings. The Balaban J connectivity index is 1.73. The second kappa shape index (κ2) is 6.90. The van der Waals surface area contributed by atoms with E-state index in [1.54, 1.807) is 0 Å². The zero-order chi connectivity index (χ0) is 19.1. The minimum atomic E-state index is 1.24. The highest BCUT2D eigenvalue weighted by Crippen LogP contribution is 2.45. The summed E-state index contributed by atoms with van der Waals surface area (Å²) in [7, 11) is 2.14. The lowest BCUT2D eigenvalue weighted by atomic mass is 10.1. The molecule has 0 saturated carbocycles. The van der Waals surface area contributed by atoms with E-state index >= 15 is 0 Å². The first-order valence-electron chi connectivity index (χ1n) is 9.27. The van der Waals surface area contributed by atoms with Gasteiger partial charge in [-0.2, -0.15) is 4.57 Å². The smallest absolute Gasteiger partial charge is 0.214 e. The van der Waals surface area contributed by atoms with E-state index in [0.29, 0.717) is 0 Å². The second-order valence-electron chi connectivity index (χ2n) is 7.31. The lowest BCUT2D eigenvalue weighted by Gasteiger charge is -2.13. The third-order valence-corrected chi connectivity index (χ3v) is 6.28. The Labute approximate surface area is 166 Å². The van der Waals surface area contributed by atoms with E-state index in [1.807, 2.05) is 11.8 Å². The van der Waals surface area contributed by atoms with E-state index in [0.717, 1.165) is 0 Å². The molecule has 4 rings (SSSR count). The molecule has 1 aliphatic heterocycles. The van der Waals surface area contributed by atoms with Gasteiger partial charge >= 0.3 is 0 Å². The SMILES string of the molecule is Cc1ccc(-[n+]2c(C)cc(/C=C3\Sc4ccccc4N3C)cc2C)c(C)c1. The number of aromatic nitrogens is 1. The third-order valence-electron chi connectivity index (χ3n) is 5.11. The van der Waals surface area contributed by atoms with Crippen LogP contribution in [0.25, 0.3) is 11.8 Å². The number of fused-ring (bicyclic) bond motifs is 1. The Hall–Kier alpha value is -2.52. The Kier molecular flexibility index (Phi) is 4.56. The van der Waals surface area contributed by atoms with Crippen molar-refractivity contribution in [2.75, 3.05) is 11.9 Å². The van der Waals surface area contributed by atoms with Gasteiger partial charge in [0.2, 0.25) is 5.69 Å². The predicted octanol–water partition coefficient (Wildman–Crippen LogP) is 5.74. The summed E-state index contributed by atoms with van der Waals surface area (Å²) in [6.45, 7) is 8.71. The van der Waals surface area contributed by atoms with Crippen LogP contribution >= 0.6 is 11.8 Å². The number of rotatable bonds is 2. The van der Waals surface area contributed by atoms with Crippen LogP contribution in [0.15, 0.2) is 64.5 Å². The number of benzene rings is 2. The first kappa shape index (κ1) is 17.9. The minimum Gasteiger partial charge on any atom is -0.338 e. The van der Waals surface area contributed by atoms with Gasteiger partial charge in [-0.05, 0) is 43.7 Å². The van der Waals surface area contributed by atoms with Crippen molar-refractivity contribution in [1.29, 1.82) is 0 Å². The predicted molar refractivity (Wildman–Crippen MR) is 116 cm³/mol. The molecule has 3 aromatic rings. The van der Waals surface area contributed by atoms with Crippen LogP contribution in [0, 0.1) is 27.7 Å². The van der Waals surface area contributed by atoms with Gasteiger partial charge in [0.1, 0.15) is 0 Å². The van der Waals surface area contributed by atoms with Crippen molar-refractivity contribution in [3.63, 3.8) is 0 Å². The van der Waals surface area contributed by atoms with E-state index < -0.39 is 0 Å². The van der Waals surface area contributed by atoms with Gasteiger partial charge in [0, 0.05) is 49.6 Å². The topological polar surface area (TPSA) is 7.12 Å². The normalized spacial score (nSPS) is 14.7. The monoisotopic (exact) mass is 373 g/mol. The number of hydrogen-bond donors (Lipinski definition) is 0. The minimum absolute atomic E-state index is 1.24. The summed E-state index contributed by atoms with van der Waals surface area (Å²) in [5, 5.41) is 1.26. The van der Waals surface area contributed by atoms with Crippen LogP contribution in [0.1, 0.15) is 28.1 Å². The molecular formula is C24H25N2S+. The summed E-state index contributed by atoms with van der Waals surface area (Å²) >= 11 is 1.84. The average molecular weight is 374 g/mol. The van der Waals surface area contributed by atoms with Crippen molar-refractivity contribution in [3.05, 3.63) is 87.7 Å². The van der Waals surface area contributed by atoms with Crippen LogP contribution in [0.3, 0.4) is 0 Å². The fourth-order valence-corrected chi connectivity index (χ4v) is 4.95. The summed E-state index contributed by atoms with van der Waals surface area (Å²) in [6.07, 6.45) is 2.29. The van der Waals surface area contributed by atoms with E-state index in [2.05, 4.69) is 105 Å². The number of hydrogen-bond acceptors (Lipinski definition) is 2. The van der Waals surface area contributed by atoms with Crippen molar-refractivity contribution in [1.82, 2.24) is 0 Å². The number of aryl methyl sites for hydroxylation is 4. The van der Waals surface area contributed by atoms with Gasteiger partial charge in [-0.15, -0.1) is 0 Å². The zero-order valence-corrected chi connectivity index (χ0v) is 17.4. The largest absolute Gasteiger partial charge is 0.338 e. The number of thioether (sulfide) groups is 1. The second-order valence-corrected chi connectivity index (χ2v) is 8.37. The van der Waals surface area contributed by atoms with Gasteiger partial charge in [0.25, 0.3) is 0 Å². The number of pyridine rings is 1. The quantitative estimate of drug-likeness (QED) is 0.529. The highest BCUT2D eigenvalue weighted by atomic mass is 32.2. The van der Waals surface area contributed by atoms with Crippen LogP contribution < -0.4 is 9.47 Å². The molecule has 2 aromatic carbocycles. The third kappa shape index (κ3) is 3.28. The Morgan fingerprint density at radius 2 is 1.59 bits per heavy atom. The molecule has 0 N–H and O–H groups in total. The van der Waals surface area contributed by atoms with Gasteiger partial charge in [0.05, 0.1) is 10.7 Å². The molecule has 3 heteroatoms. The van der Waals surface area contributed by atoms with Crippen molar-refractivity contribution in [2.45, 2.75) is 32.6 Å². The van der Waals surface area contributed by atoms with Crippen LogP contribution in [0.4, 0.5) is 5.69 Å². The lowest BCUT2D eigenvalue weighted by molar-refractivity contribution is -0.610. The van der Waals surface area contributed by atoms with E-state index in [1.165, 1.54) is 49.4 Å². The van der Waals surface area contributed by atoms with Gasteiger partial charge < -0.3 is 4.90 Å². The fourth-order valence-electron chi connectivity index (χ4n) is 3.84. The van der Waals surface area contributed by atoms with Gasteiger partial charge in [0.15, 0.2) is 11.4 Å². The van der Waals surface area contributed by atoms with Gasteiger partial charge in [-0.1, -0.05) is 35.5 Å². The highest BCUT2D eigenvalue weighted by Gasteiger charge is 2.22. The van der Waals surface area contributed by atoms with Crippen molar-refractivity contribution >= 4 is 23.5 Å². The van der Waals surface area contributed by atoms with Crippen molar-refractivity contribution in [2.24, 2.45) is 0 Å². The molecule has 1 aromatic heterocycles. The molecule has 0 radical (unpaired) electrons. The Bertz CT molecular complexity index is 1040. The van der Waals surface area contributed by atoms with Crippen LogP contribution in [0.5, 0.6) is 0 Å². The van der Waals surface area contributed by atoms with E-state index in [-0.39, 0.29) is 0 Å². The first-order chi connectivity index (χ1) is 12.9. The van der Waals surface area contributed by atoms with E-state index in [9.17, 15) is 0 Å². The maximum absolute atomic E-state index is 2.34. The number of para-hydroxylation sites is 1. The molecule has 0 spiro atoms. The van der Waals surface area contributed by atoms with Crippen molar-refractivity contribution in [3.8, 4) is 5.69 Å². The number of nitrogens with zero attached hydrogens (tertiary/aromatic N) is 2. The van der Waals surface area contributed by atoms with Gasteiger partial charge in [-0.25, -0.2) is 0 Å². The lowest BCUT2D eigenvalue weighted by Crippen LogP contribution is -2.38. The molecule has 2 heterocycles.